The number of hydrogen-bond acceptors (Lipinski definition) is 6. The number of nitrogens with one attached hydrogen (secondary N) is 1. The van der Waals surface area contributed by atoms with Crippen LogP contribution in [0.1, 0.15) is 31.2 Å². The molecule has 0 saturated carbocycles. The minimum absolute atomic E-state index is 0.00894. The van der Waals surface area contributed by atoms with Gasteiger partial charge in [-0.3, -0.25) is 19.7 Å². The van der Waals surface area contributed by atoms with Crippen LogP contribution in [0.25, 0.3) is 0 Å². The number of benzene rings is 1. The summed E-state index contributed by atoms with van der Waals surface area (Å²) in [5, 5.41) is 24.3. The highest BCUT2D eigenvalue weighted by Gasteiger charge is 2.19. The Bertz CT molecular complexity index is 722. The molecule has 0 radical (unpaired) electrons. The van der Waals surface area contributed by atoms with Crippen molar-refractivity contribution < 1.29 is 19.6 Å². The molecule has 0 aliphatic carbocycles. The summed E-state index contributed by atoms with van der Waals surface area (Å²) in [5.74, 6) is -1.17. The summed E-state index contributed by atoms with van der Waals surface area (Å²) in [4.78, 5) is 35.2. The van der Waals surface area contributed by atoms with Gasteiger partial charge in [0.05, 0.1) is 11.1 Å². The number of amides is 2. The second-order valence-electron chi connectivity index (χ2n) is 5.54. The largest absolute Gasteiger partial charge is 0.502 e. The molecule has 2 amide bonds. The summed E-state index contributed by atoms with van der Waals surface area (Å²) in [5.41, 5.74) is 1.66. The Kier molecular flexibility index (Phi) is 6.29. The minimum Gasteiger partial charge on any atom is -0.502 e. The summed E-state index contributed by atoms with van der Waals surface area (Å²) in [6.45, 7) is 0.412. The number of carbonyl (C=O) groups is 2. The minimum atomic E-state index is -0.776. The van der Waals surface area contributed by atoms with Gasteiger partial charge in [-0.25, -0.2) is 5.43 Å². The van der Waals surface area contributed by atoms with Crippen molar-refractivity contribution in [1.29, 1.82) is 0 Å². The predicted octanol–water partition coefficient (Wildman–Crippen LogP) is 1.81. The van der Waals surface area contributed by atoms with Gasteiger partial charge in [-0.1, -0.05) is 18.0 Å². The first-order valence-electron chi connectivity index (χ1n) is 7.65. The molecule has 2 N–H and O–H groups in total. The fourth-order valence-electron chi connectivity index (χ4n) is 2.43. The SMILES string of the molecule is O=C(CN1CCCCCC1=O)N/N=C/c1cc(Cl)cc([N+](=O)[O-])c1O. The molecule has 1 heterocycles. The maximum Gasteiger partial charge on any atom is 0.312 e. The van der Waals surface area contributed by atoms with Crippen LogP contribution in [0.4, 0.5) is 5.69 Å². The first kappa shape index (κ1) is 18.7. The van der Waals surface area contributed by atoms with E-state index < -0.39 is 22.3 Å². The van der Waals surface area contributed by atoms with Crippen molar-refractivity contribution in [3.8, 4) is 5.75 Å². The Morgan fingerprint density at radius 2 is 2.20 bits per heavy atom. The molecule has 0 unspecified atom stereocenters. The Balaban J connectivity index is 1.99. The summed E-state index contributed by atoms with van der Waals surface area (Å²) < 4.78 is 0. The molecule has 1 saturated heterocycles. The Morgan fingerprint density at radius 3 is 2.92 bits per heavy atom. The lowest BCUT2D eigenvalue weighted by Gasteiger charge is -2.18. The van der Waals surface area contributed by atoms with E-state index in [0.29, 0.717) is 13.0 Å². The summed E-state index contributed by atoms with van der Waals surface area (Å²) >= 11 is 5.76. The molecule has 0 spiro atoms. The molecule has 9 nitrogen and oxygen atoms in total. The standard InChI is InChI=1S/C15H17ClN4O5/c16-11-6-10(15(23)12(7-11)20(24)25)8-17-18-13(21)9-19-5-3-1-2-4-14(19)22/h6-8,23H,1-5,9H2,(H,18,21)/b17-8+. The van der Waals surface area contributed by atoms with Crippen LogP contribution in [0, 0.1) is 10.1 Å². The summed E-state index contributed by atoms with van der Waals surface area (Å²) in [6, 6.07) is 2.29. The second kappa shape index (κ2) is 8.43. The number of phenols is 1. The molecule has 25 heavy (non-hydrogen) atoms. The average molecular weight is 369 g/mol. The van der Waals surface area contributed by atoms with Gasteiger partial charge in [-0.15, -0.1) is 0 Å². The first-order chi connectivity index (χ1) is 11.9. The van der Waals surface area contributed by atoms with E-state index in [1.807, 2.05) is 0 Å². The van der Waals surface area contributed by atoms with Gasteiger partial charge in [0, 0.05) is 29.6 Å². The summed E-state index contributed by atoms with van der Waals surface area (Å²) in [6.07, 6.45) is 4.10. The number of hydrogen-bond donors (Lipinski definition) is 2. The Hall–Kier alpha value is -2.68. The van der Waals surface area contributed by atoms with E-state index in [0.717, 1.165) is 31.5 Å². The van der Waals surface area contributed by atoms with Gasteiger partial charge >= 0.3 is 5.69 Å². The summed E-state index contributed by atoms with van der Waals surface area (Å²) in [7, 11) is 0. The van der Waals surface area contributed by atoms with E-state index in [4.69, 9.17) is 11.6 Å². The maximum absolute atomic E-state index is 11.9. The molecule has 0 bridgehead atoms. The van der Waals surface area contributed by atoms with Crippen LogP contribution in [0.2, 0.25) is 5.02 Å². The van der Waals surface area contributed by atoms with Gasteiger partial charge in [0.2, 0.25) is 11.7 Å². The lowest BCUT2D eigenvalue weighted by molar-refractivity contribution is -0.385. The first-order valence-corrected chi connectivity index (χ1v) is 8.03. The van der Waals surface area contributed by atoms with Crippen LogP contribution >= 0.6 is 11.6 Å². The quantitative estimate of drug-likeness (QED) is 0.465. The number of hydrazone groups is 1. The molecule has 134 valence electrons. The number of nitro benzene ring substituents is 1. The second-order valence-corrected chi connectivity index (χ2v) is 5.98. The van der Waals surface area contributed by atoms with Gasteiger partial charge in [-0.2, -0.15) is 5.10 Å². The van der Waals surface area contributed by atoms with Crippen LogP contribution in [-0.2, 0) is 9.59 Å². The molecule has 1 aromatic rings. The van der Waals surface area contributed by atoms with Crippen LogP contribution in [0.5, 0.6) is 5.75 Å². The maximum atomic E-state index is 11.9. The number of likely N-dealkylation sites (tertiary alicyclic amines) is 1. The lowest BCUT2D eigenvalue weighted by Crippen LogP contribution is -2.39. The molecular weight excluding hydrogens is 352 g/mol. The Labute approximate surface area is 148 Å². The van der Waals surface area contributed by atoms with E-state index in [2.05, 4.69) is 10.5 Å². The number of halogens is 1. The van der Waals surface area contributed by atoms with E-state index >= 15 is 0 Å². The predicted molar refractivity (Wildman–Crippen MR) is 90.6 cm³/mol. The highest BCUT2D eigenvalue weighted by Crippen LogP contribution is 2.32. The molecule has 0 atom stereocenters. The van der Waals surface area contributed by atoms with Gasteiger partial charge in [-0.05, 0) is 18.9 Å². The highest BCUT2D eigenvalue weighted by atomic mass is 35.5. The number of nitrogens with zero attached hydrogens (tertiary/aromatic N) is 3. The van der Waals surface area contributed by atoms with Gasteiger partial charge in [0.15, 0.2) is 0 Å². The lowest BCUT2D eigenvalue weighted by atomic mass is 10.2. The molecule has 10 heteroatoms. The third kappa shape index (κ3) is 5.15. The van der Waals surface area contributed by atoms with Crippen molar-refractivity contribution in [2.24, 2.45) is 5.10 Å². The molecule has 1 fully saturated rings. The number of nitro groups is 1. The number of phenolic OH excluding ortho intramolecular Hbond substituents is 1. The highest BCUT2D eigenvalue weighted by molar-refractivity contribution is 6.31. The normalized spacial score (nSPS) is 15.2. The van der Waals surface area contributed by atoms with Crippen LogP contribution < -0.4 is 5.43 Å². The zero-order chi connectivity index (χ0) is 18.4. The number of rotatable bonds is 5. The van der Waals surface area contributed by atoms with Crippen molar-refractivity contribution >= 4 is 35.3 Å². The van der Waals surface area contributed by atoms with Crippen molar-refractivity contribution in [3.63, 3.8) is 0 Å². The Morgan fingerprint density at radius 1 is 1.44 bits per heavy atom. The monoisotopic (exact) mass is 368 g/mol. The molecular formula is C15H17ClN4O5. The van der Waals surface area contributed by atoms with Gasteiger partial charge < -0.3 is 10.0 Å². The van der Waals surface area contributed by atoms with Crippen molar-refractivity contribution in [2.75, 3.05) is 13.1 Å². The zero-order valence-corrected chi connectivity index (χ0v) is 14.0. The third-order valence-corrected chi connectivity index (χ3v) is 3.90. The van der Waals surface area contributed by atoms with Crippen molar-refractivity contribution in [3.05, 3.63) is 32.8 Å². The van der Waals surface area contributed by atoms with Crippen LogP contribution in [0.3, 0.4) is 0 Å². The van der Waals surface area contributed by atoms with E-state index in [9.17, 15) is 24.8 Å². The number of carbonyl (C=O) groups excluding carboxylic acids is 2. The van der Waals surface area contributed by atoms with E-state index in [1.54, 1.807) is 0 Å². The number of aromatic hydroxyl groups is 1. The van der Waals surface area contributed by atoms with E-state index in [-0.39, 0.29) is 23.0 Å². The fourth-order valence-corrected chi connectivity index (χ4v) is 2.65. The zero-order valence-electron chi connectivity index (χ0n) is 13.3. The molecule has 2 rings (SSSR count). The molecule has 0 aromatic heterocycles. The van der Waals surface area contributed by atoms with Gasteiger partial charge in [0.25, 0.3) is 5.91 Å². The smallest absolute Gasteiger partial charge is 0.312 e. The van der Waals surface area contributed by atoms with Crippen LogP contribution in [0.15, 0.2) is 17.2 Å². The van der Waals surface area contributed by atoms with E-state index in [1.165, 1.54) is 11.0 Å². The van der Waals surface area contributed by atoms with Crippen LogP contribution in [-0.4, -0.2) is 46.0 Å². The third-order valence-electron chi connectivity index (χ3n) is 3.68. The molecule has 1 aliphatic rings. The average Bonchev–Trinajstić information content (AvgIpc) is 2.75. The van der Waals surface area contributed by atoms with Crippen molar-refractivity contribution in [1.82, 2.24) is 10.3 Å². The topological polar surface area (TPSA) is 125 Å². The molecule has 1 aromatic carbocycles. The van der Waals surface area contributed by atoms with Crippen molar-refractivity contribution in [2.45, 2.75) is 25.7 Å². The molecule has 1 aliphatic heterocycles. The fraction of sp³-hybridized carbons (Fsp3) is 0.400. The van der Waals surface area contributed by atoms with Gasteiger partial charge in [0.1, 0.15) is 6.54 Å².